The topological polar surface area (TPSA) is 47.6 Å². The van der Waals surface area contributed by atoms with E-state index in [1.54, 1.807) is 0 Å². The van der Waals surface area contributed by atoms with E-state index in [4.69, 9.17) is 9.47 Å². The molecule has 3 rings (SSSR count). The van der Waals surface area contributed by atoms with Crippen molar-refractivity contribution >= 4 is 5.91 Å². The van der Waals surface area contributed by atoms with Crippen LogP contribution in [0.5, 0.6) is 5.75 Å². The molecule has 1 aliphatic heterocycles. The molecule has 23 heavy (non-hydrogen) atoms. The second-order valence-corrected chi connectivity index (χ2v) is 5.70. The number of nitrogens with one attached hydrogen (secondary N) is 1. The summed E-state index contributed by atoms with van der Waals surface area (Å²) >= 11 is 0. The average molecular weight is 311 g/mol. The molecule has 0 bridgehead atoms. The summed E-state index contributed by atoms with van der Waals surface area (Å²) in [6.07, 6.45) is 0.812. The molecule has 1 heterocycles. The summed E-state index contributed by atoms with van der Waals surface area (Å²) in [6.45, 7) is 2.26. The molecule has 2 aromatic rings. The van der Waals surface area contributed by atoms with Crippen LogP contribution in [0.1, 0.15) is 17.5 Å². The van der Waals surface area contributed by atoms with E-state index in [9.17, 15) is 4.79 Å². The van der Waals surface area contributed by atoms with Crippen LogP contribution in [0.3, 0.4) is 0 Å². The molecular formula is C19H21NO3. The lowest BCUT2D eigenvalue weighted by atomic mass is 10.1. The molecule has 1 unspecified atom stereocenters. The average Bonchev–Trinajstić information content (AvgIpc) is 3.14. The zero-order valence-electron chi connectivity index (χ0n) is 13.0. The second kappa shape index (κ2) is 7.79. The normalized spacial score (nSPS) is 17.0. The highest BCUT2D eigenvalue weighted by Gasteiger charge is 2.22. The summed E-state index contributed by atoms with van der Waals surface area (Å²) in [4.78, 5) is 12.0. The van der Waals surface area contributed by atoms with Gasteiger partial charge in [0.2, 0.25) is 5.91 Å². The molecule has 1 atom stereocenters. The number of benzene rings is 2. The summed E-state index contributed by atoms with van der Waals surface area (Å²) in [5.74, 6) is 0.871. The van der Waals surface area contributed by atoms with Gasteiger partial charge in [0.25, 0.3) is 0 Å². The molecule has 0 aliphatic carbocycles. The molecule has 1 amide bonds. The molecular weight excluding hydrogens is 290 g/mol. The van der Waals surface area contributed by atoms with Gasteiger partial charge in [0.05, 0.1) is 12.5 Å². The van der Waals surface area contributed by atoms with E-state index in [0.29, 0.717) is 26.4 Å². The molecule has 0 aromatic heterocycles. The van der Waals surface area contributed by atoms with Crippen LogP contribution in [-0.4, -0.2) is 19.1 Å². The SMILES string of the molecule is O=C(NCc1cccc(OCc2ccccc2)c1)C1CCOC1. The number of ether oxygens (including phenoxy) is 2. The standard InChI is InChI=1S/C19H21NO3/c21-19(17-9-10-22-14-17)20-12-16-7-4-8-18(11-16)23-13-15-5-2-1-3-6-15/h1-8,11,17H,9-10,12-14H2,(H,20,21). The maximum absolute atomic E-state index is 12.0. The minimum atomic E-state index is -0.00693. The van der Waals surface area contributed by atoms with Crippen LogP contribution in [0.15, 0.2) is 54.6 Å². The Labute approximate surface area is 136 Å². The summed E-state index contributed by atoms with van der Waals surface area (Å²) in [7, 11) is 0. The van der Waals surface area contributed by atoms with E-state index >= 15 is 0 Å². The number of hydrogen-bond acceptors (Lipinski definition) is 3. The van der Waals surface area contributed by atoms with Crippen molar-refractivity contribution in [3.05, 3.63) is 65.7 Å². The van der Waals surface area contributed by atoms with Crippen molar-refractivity contribution in [2.24, 2.45) is 5.92 Å². The Morgan fingerprint density at radius 3 is 2.74 bits per heavy atom. The van der Waals surface area contributed by atoms with E-state index < -0.39 is 0 Å². The van der Waals surface area contributed by atoms with Gasteiger partial charge in [-0.25, -0.2) is 0 Å². The molecule has 1 saturated heterocycles. The fourth-order valence-electron chi connectivity index (χ4n) is 2.56. The summed E-state index contributed by atoms with van der Waals surface area (Å²) in [5.41, 5.74) is 2.16. The van der Waals surface area contributed by atoms with Crippen LogP contribution in [-0.2, 0) is 22.7 Å². The fourth-order valence-corrected chi connectivity index (χ4v) is 2.56. The highest BCUT2D eigenvalue weighted by molar-refractivity contribution is 5.78. The monoisotopic (exact) mass is 311 g/mol. The van der Waals surface area contributed by atoms with Crippen molar-refractivity contribution in [1.29, 1.82) is 0 Å². The molecule has 1 aliphatic rings. The number of carbonyl (C=O) groups is 1. The quantitative estimate of drug-likeness (QED) is 0.892. The van der Waals surface area contributed by atoms with Gasteiger partial charge >= 0.3 is 0 Å². The van der Waals surface area contributed by atoms with E-state index in [0.717, 1.165) is 23.3 Å². The maximum Gasteiger partial charge on any atom is 0.225 e. The third-order valence-corrected chi connectivity index (χ3v) is 3.91. The van der Waals surface area contributed by atoms with Crippen LogP contribution in [0.4, 0.5) is 0 Å². The summed E-state index contributed by atoms with van der Waals surface area (Å²) in [6, 6.07) is 17.9. The minimum Gasteiger partial charge on any atom is -0.489 e. The third-order valence-electron chi connectivity index (χ3n) is 3.91. The lowest BCUT2D eigenvalue weighted by Gasteiger charge is -2.11. The first-order valence-electron chi connectivity index (χ1n) is 7.92. The maximum atomic E-state index is 12.0. The van der Waals surface area contributed by atoms with Gasteiger partial charge in [-0.1, -0.05) is 42.5 Å². The van der Waals surface area contributed by atoms with E-state index in [1.165, 1.54) is 0 Å². The Kier molecular flexibility index (Phi) is 5.27. The van der Waals surface area contributed by atoms with Crippen LogP contribution in [0.2, 0.25) is 0 Å². The first-order chi connectivity index (χ1) is 11.3. The minimum absolute atomic E-state index is 0.00693. The van der Waals surface area contributed by atoms with Gasteiger partial charge in [0.1, 0.15) is 12.4 Å². The Morgan fingerprint density at radius 2 is 1.96 bits per heavy atom. The molecule has 1 N–H and O–H groups in total. The van der Waals surface area contributed by atoms with E-state index in [1.807, 2.05) is 54.6 Å². The molecule has 0 saturated carbocycles. The lowest BCUT2D eigenvalue weighted by molar-refractivity contribution is -0.125. The molecule has 0 spiro atoms. The predicted octanol–water partition coefficient (Wildman–Crippen LogP) is 2.92. The zero-order chi connectivity index (χ0) is 15.9. The molecule has 4 nitrogen and oxygen atoms in total. The van der Waals surface area contributed by atoms with E-state index in [2.05, 4.69) is 5.32 Å². The smallest absolute Gasteiger partial charge is 0.225 e. The third kappa shape index (κ3) is 4.57. The van der Waals surface area contributed by atoms with Gasteiger partial charge in [0, 0.05) is 13.2 Å². The van der Waals surface area contributed by atoms with E-state index in [-0.39, 0.29) is 11.8 Å². The van der Waals surface area contributed by atoms with Gasteiger partial charge < -0.3 is 14.8 Å². The van der Waals surface area contributed by atoms with Crippen LogP contribution < -0.4 is 10.1 Å². The highest BCUT2D eigenvalue weighted by atomic mass is 16.5. The van der Waals surface area contributed by atoms with Crippen LogP contribution >= 0.6 is 0 Å². The summed E-state index contributed by atoms with van der Waals surface area (Å²) < 4.78 is 11.0. The fraction of sp³-hybridized carbons (Fsp3) is 0.316. The van der Waals surface area contributed by atoms with Crippen molar-refractivity contribution in [2.75, 3.05) is 13.2 Å². The molecule has 4 heteroatoms. The number of carbonyl (C=O) groups excluding carboxylic acids is 1. The largest absolute Gasteiger partial charge is 0.489 e. The Hall–Kier alpha value is -2.33. The van der Waals surface area contributed by atoms with Gasteiger partial charge in [-0.2, -0.15) is 0 Å². The predicted molar refractivity (Wildman–Crippen MR) is 88.0 cm³/mol. The van der Waals surface area contributed by atoms with Crippen molar-refractivity contribution in [3.63, 3.8) is 0 Å². The second-order valence-electron chi connectivity index (χ2n) is 5.70. The Balaban J connectivity index is 1.51. The van der Waals surface area contributed by atoms with Gasteiger partial charge in [0.15, 0.2) is 0 Å². The molecule has 0 radical (unpaired) electrons. The number of rotatable bonds is 6. The Bertz CT molecular complexity index is 636. The van der Waals surface area contributed by atoms with Crippen LogP contribution in [0.25, 0.3) is 0 Å². The lowest BCUT2D eigenvalue weighted by Crippen LogP contribution is -2.30. The van der Waals surface area contributed by atoms with Crippen molar-refractivity contribution in [2.45, 2.75) is 19.6 Å². The van der Waals surface area contributed by atoms with Crippen molar-refractivity contribution in [1.82, 2.24) is 5.32 Å². The van der Waals surface area contributed by atoms with Gasteiger partial charge in [-0.05, 0) is 29.7 Å². The first kappa shape index (κ1) is 15.6. The highest BCUT2D eigenvalue weighted by Crippen LogP contribution is 2.16. The number of hydrogen-bond donors (Lipinski definition) is 1. The zero-order valence-corrected chi connectivity index (χ0v) is 13.0. The number of amides is 1. The Morgan fingerprint density at radius 1 is 1.13 bits per heavy atom. The van der Waals surface area contributed by atoms with Crippen molar-refractivity contribution < 1.29 is 14.3 Å². The van der Waals surface area contributed by atoms with Crippen LogP contribution in [0, 0.1) is 5.92 Å². The van der Waals surface area contributed by atoms with Gasteiger partial charge in [-0.15, -0.1) is 0 Å². The van der Waals surface area contributed by atoms with Crippen molar-refractivity contribution in [3.8, 4) is 5.75 Å². The summed E-state index contributed by atoms with van der Waals surface area (Å²) in [5, 5.41) is 2.97. The molecule has 1 fully saturated rings. The molecule has 120 valence electrons. The van der Waals surface area contributed by atoms with Gasteiger partial charge in [-0.3, -0.25) is 4.79 Å². The first-order valence-corrected chi connectivity index (χ1v) is 7.92. The molecule has 2 aromatic carbocycles.